The van der Waals surface area contributed by atoms with E-state index in [4.69, 9.17) is 4.74 Å². The maximum atomic E-state index is 5.79. The average Bonchev–Trinajstić information content (AvgIpc) is 2.93. The van der Waals surface area contributed by atoms with Crippen LogP contribution in [0.1, 0.15) is 22.7 Å². The zero-order valence-electron chi connectivity index (χ0n) is 11.3. The van der Waals surface area contributed by atoms with Crippen molar-refractivity contribution in [3.63, 3.8) is 0 Å². The number of hydrogen-bond acceptors (Lipinski definition) is 4. The number of benzene rings is 1. The first-order valence-corrected chi connectivity index (χ1v) is 7.45. The minimum Gasteiger partial charge on any atom is -0.493 e. The number of ether oxygens (including phenoxy) is 1. The molecule has 0 bridgehead atoms. The van der Waals surface area contributed by atoms with E-state index >= 15 is 0 Å². The SMILES string of the molecule is CNC(Cc1cc(Br)cc2c1OCC2)c1ccnnc1. The Morgan fingerprint density at radius 2 is 2.30 bits per heavy atom. The van der Waals surface area contributed by atoms with E-state index in [1.807, 2.05) is 13.1 Å². The second-order valence-electron chi connectivity index (χ2n) is 4.87. The number of rotatable bonds is 4. The summed E-state index contributed by atoms with van der Waals surface area (Å²) in [6, 6.07) is 6.48. The Morgan fingerprint density at radius 3 is 3.05 bits per heavy atom. The third kappa shape index (κ3) is 2.69. The van der Waals surface area contributed by atoms with Gasteiger partial charge in [0.05, 0.1) is 12.8 Å². The van der Waals surface area contributed by atoms with Crippen LogP contribution in [0.15, 0.2) is 35.1 Å². The highest BCUT2D eigenvalue weighted by atomic mass is 79.9. The van der Waals surface area contributed by atoms with Crippen LogP contribution in [0.25, 0.3) is 0 Å². The summed E-state index contributed by atoms with van der Waals surface area (Å²) in [5.41, 5.74) is 3.65. The molecule has 0 saturated carbocycles. The van der Waals surface area contributed by atoms with Crippen LogP contribution < -0.4 is 10.1 Å². The first-order valence-electron chi connectivity index (χ1n) is 6.66. The van der Waals surface area contributed by atoms with Gasteiger partial charge in [0.1, 0.15) is 5.75 Å². The summed E-state index contributed by atoms with van der Waals surface area (Å²) in [6.45, 7) is 0.778. The number of nitrogens with zero attached hydrogens (tertiary/aromatic N) is 2. The fourth-order valence-corrected chi connectivity index (χ4v) is 3.16. The van der Waals surface area contributed by atoms with E-state index < -0.39 is 0 Å². The van der Waals surface area contributed by atoms with Crippen LogP contribution in [0, 0.1) is 0 Å². The zero-order chi connectivity index (χ0) is 13.9. The highest BCUT2D eigenvalue weighted by Gasteiger charge is 2.20. The van der Waals surface area contributed by atoms with Crippen molar-refractivity contribution in [2.75, 3.05) is 13.7 Å². The third-order valence-electron chi connectivity index (χ3n) is 3.61. The molecule has 1 N–H and O–H groups in total. The van der Waals surface area contributed by atoms with Gasteiger partial charge in [-0.15, -0.1) is 0 Å². The minimum atomic E-state index is 0.202. The third-order valence-corrected chi connectivity index (χ3v) is 4.07. The van der Waals surface area contributed by atoms with Crippen molar-refractivity contribution in [1.82, 2.24) is 15.5 Å². The zero-order valence-corrected chi connectivity index (χ0v) is 12.9. The number of hydrogen-bond donors (Lipinski definition) is 1. The Morgan fingerprint density at radius 1 is 1.40 bits per heavy atom. The molecule has 0 fully saturated rings. The second kappa shape index (κ2) is 5.89. The molecular weight excluding hydrogens is 318 g/mol. The smallest absolute Gasteiger partial charge is 0.125 e. The molecule has 0 saturated heterocycles. The Labute approximate surface area is 126 Å². The van der Waals surface area contributed by atoms with Gasteiger partial charge in [0.2, 0.25) is 0 Å². The van der Waals surface area contributed by atoms with Crippen LogP contribution in [-0.2, 0) is 12.8 Å². The molecule has 0 aliphatic carbocycles. The molecule has 20 heavy (non-hydrogen) atoms. The number of aromatic nitrogens is 2. The normalized spacial score (nSPS) is 14.7. The van der Waals surface area contributed by atoms with Gasteiger partial charge in [0, 0.05) is 23.1 Å². The molecule has 4 nitrogen and oxygen atoms in total. The van der Waals surface area contributed by atoms with Crippen LogP contribution in [-0.4, -0.2) is 23.9 Å². The fourth-order valence-electron chi connectivity index (χ4n) is 2.61. The van der Waals surface area contributed by atoms with Gasteiger partial charge in [-0.25, -0.2) is 0 Å². The predicted octanol–water partition coefficient (Wildman–Crippen LogP) is 2.68. The molecule has 1 aliphatic rings. The molecule has 2 heterocycles. The maximum Gasteiger partial charge on any atom is 0.125 e. The molecule has 0 amide bonds. The Hall–Kier alpha value is -1.46. The molecule has 2 aromatic rings. The van der Waals surface area contributed by atoms with Gasteiger partial charge in [0.25, 0.3) is 0 Å². The molecule has 1 aromatic carbocycles. The molecule has 1 unspecified atom stereocenters. The summed E-state index contributed by atoms with van der Waals surface area (Å²) < 4.78 is 6.90. The van der Waals surface area contributed by atoms with E-state index in [2.05, 4.69) is 43.6 Å². The fraction of sp³-hybridized carbons (Fsp3) is 0.333. The standard InChI is InChI=1S/C15H16BrN3O/c1-17-14(11-2-4-18-19-9-11)8-12-7-13(16)6-10-3-5-20-15(10)12/h2,4,6-7,9,14,17H,3,5,8H2,1H3. The molecule has 3 rings (SSSR count). The highest BCUT2D eigenvalue weighted by molar-refractivity contribution is 9.10. The summed E-state index contributed by atoms with van der Waals surface area (Å²) in [5.74, 6) is 1.05. The summed E-state index contributed by atoms with van der Waals surface area (Å²) in [7, 11) is 1.96. The van der Waals surface area contributed by atoms with Crippen molar-refractivity contribution in [1.29, 1.82) is 0 Å². The summed E-state index contributed by atoms with van der Waals surface area (Å²) >= 11 is 3.59. The Kier molecular flexibility index (Phi) is 3.98. The summed E-state index contributed by atoms with van der Waals surface area (Å²) in [4.78, 5) is 0. The lowest BCUT2D eigenvalue weighted by atomic mass is 9.98. The van der Waals surface area contributed by atoms with Crippen molar-refractivity contribution in [2.24, 2.45) is 0 Å². The number of nitrogens with one attached hydrogen (secondary N) is 1. The van der Waals surface area contributed by atoms with Crippen LogP contribution in [0.2, 0.25) is 0 Å². The lowest BCUT2D eigenvalue weighted by molar-refractivity contribution is 0.352. The highest BCUT2D eigenvalue weighted by Crippen LogP contribution is 2.35. The average molecular weight is 334 g/mol. The van der Waals surface area contributed by atoms with E-state index in [-0.39, 0.29) is 6.04 Å². The quantitative estimate of drug-likeness (QED) is 0.934. The van der Waals surface area contributed by atoms with Crippen molar-refractivity contribution in [3.8, 4) is 5.75 Å². The number of likely N-dealkylation sites (N-methyl/N-ethyl adjacent to an activating group) is 1. The predicted molar refractivity (Wildman–Crippen MR) is 80.9 cm³/mol. The second-order valence-corrected chi connectivity index (χ2v) is 5.79. The molecule has 1 aliphatic heterocycles. The molecular formula is C15H16BrN3O. The molecule has 0 radical (unpaired) electrons. The monoisotopic (exact) mass is 333 g/mol. The van der Waals surface area contributed by atoms with Crippen molar-refractivity contribution in [3.05, 3.63) is 51.8 Å². The van der Waals surface area contributed by atoms with Gasteiger partial charge < -0.3 is 10.1 Å². The van der Waals surface area contributed by atoms with Gasteiger partial charge in [0.15, 0.2) is 0 Å². The first-order chi connectivity index (χ1) is 9.78. The van der Waals surface area contributed by atoms with Gasteiger partial charge in [-0.3, -0.25) is 0 Å². The van der Waals surface area contributed by atoms with Crippen molar-refractivity contribution >= 4 is 15.9 Å². The van der Waals surface area contributed by atoms with E-state index in [1.165, 1.54) is 11.1 Å². The number of halogens is 1. The minimum absolute atomic E-state index is 0.202. The molecule has 0 spiro atoms. The van der Waals surface area contributed by atoms with Gasteiger partial charge in [-0.05, 0) is 48.4 Å². The lowest BCUT2D eigenvalue weighted by Gasteiger charge is -2.18. The van der Waals surface area contributed by atoms with Crippen LogP contribution in [0.5, 0.6) is 5.75 Å². The molecule has 1 atom stereocenters. The van der Waals surface area contributed by atoms with Crippen LogP contribution in [0.4, 0.5) is 0 Å². The van der Waals surface area contributed by atoms with Crippen molar-refractivity contribution in [2.45, 2.75) is 18.9 Å². The number of fused-ring (bicyclic) bond motifs is 1. The molecule has 1 aromatic heterocycles. The Bertz CT molecular complexity index is 604. The Balaban J connectivity index is 1.91. The van der Waals surface area contributed by atoms with E-state index in [0.717, 1.165) is 35.2 Å². The van der Waals surface area contributed by atoms with Gasteiger partial charge >= 0.3 is 0 Å². The van der Waals surface area contributed by atoms with Crippen molar-refractivity contribution < 1.29 is 4.74 Å². The van der Waals surface area contributed by atoms with Gasteiger partial charge in [-0.2, -0.15) is 10.2 Å². The van der Waals surface area contributed by atoms with Gasteiger partial charge in [-0.1, -0.05) is 15.9 Å². The first kappa shape index (κ1) is 13.5. The lowest BCUT2D eigenvalue weighted by Crippen LogP contribution is -2.19. The topological polar surface area (TPSA) is 47.0 Å². The van der Waals surface area contributed by atoms with Crippen LogP contribution in [0.3, 0.4) is 0 Å². The van der Waals surface area contributed by atoms with E-state index in [9.17, 15) is 0 Å². The maximum absolute atomic E-state index is 5.79. The summed E-state index contributed by atoms with van der Waals surface area (Å²) in [5, 5.41) is 11.1. The molecule has 5 heteroatoms. The van der Waals surface area contributed by atoms with E-state index in [0.29, 0.717) is 0 Å². The van der Waals surface area contributed by atoms with Crippen LogP contribution >= 0.6 is 15.9 Å². The largest absolute Gasteiger partial charge is 0.493 e. The van der Waals surface area contributed by atoms with E-state index in [1.54, 1.807) is 12.4 Å². The molecule has 104 valence electrons. The summed E-state index contributed by atoms with van der Waals surface area (Å²) in [6.07, 6.45) is 5.38.